The van der Waals surface area contributed by atoms with Gasteiger partial charge in [0.1, 0.15) is 0 Å². The van der Waals surface area contributed by atoms with Gasteiger partial charge in [-0.15, -0.1) is 0 Å². The Hall–Kier alpha value is -8.14. The number of alkyl halides is 3. The Balaban J connectivity index is 1.20. The number of para-hydroxylation sites is 2. The van der Waals surface area contributed by atoms with Crippen molar-refractivity contribution in [1.82, 2.24) is 9.13 Å². The van der Waals surface area contributed by atoms with Gasteiger partial charge in [0.2, 0.25) is 0 Å². The highest BCUT2D eigenvalue weighted by atomic mass is 19.4. The third-order valence-corrected chi connectivity index (χ3v) is 13.9. The number of nitrogens with zero attached hydrogens (tertiary/aromatic N) is 3. The van der Waals surface area contributed by atoms with Gasteiger partial charge in [0, 0.05) is 32.8 Å². The maximum absolute atomic E-state index is 14.6. The van der Waals surface area contributed by atoms with E-state index in [-0.39, 0.29) is 0 Å². The number of halogens is 3. The number of benzene rings is 9. The summed E-state index contributed by atoms with van der Waals surface area (Å²) in [7, 11) is 0. The molecule has 69 heavy (non-hydrogen) atoms. The summed E-state index contributed by atoms with van der Waals surface area (Å²) in [5.74, 6) is 0. The Labute approximate surface area is 400 Å². The van der Waals surface area contributed by atoms with E-state index in [9.17, 15) is 18.4 Å². The second kappa shape index (κ2) is 16.3. The third-order valence-electron chi connectivity index (χ3n) is 13.9. The molecule has 0 atom stereocenters. The summed E-state index contributed by atoms with van der Waals surface area (Å²) in [5.41, 5.74) is 20.2. The molecule has 11 aromatic rings. The average molecular weight is 904 g/mol. The minimum atomic E-state index is -4.55. The van der Waals surface area contributed by atoms with Crippen LogP contribution in [0.1, 0.15) is 50.1 Å². The van der Waals surface area contributed by atoms with Crippen molar-refractivity contribution in [3.8, 4) is 62.0 Å². The Morgan fingerprint density at radius 2 is 0.913 bits per heavy atom. The van der Waals surface area contributed by atoms with Gasteiger partial charge in [0.25, 0.3) is 0 Å². The number of aryl methyl sites for hydroxylation is 7. The average Bonchev–Trinajstić information content (AvgIpc) is 3.82. The summed E-state index contributed by atoms with van der Waals surface area (Å²) in [4.78, 5) is 0. The molecule has 0 N–H and O–H groups in total. The van der Waals surface area contributed by atoms with E-state index in [1.807, 2.05) is 48.5 Å². The zero-order chi connectivity index (χ0) is 48.0. The fourth-order valence-corrected chi connectivity index (χ4v) is 11.3. The van der Waals surface area contributed by atoms with Crippen LogP contribution in [0.4, 0.5) is 13.2 Å². The van der Waals surface area contributed by atoms with Crippen LogP contribution in [-0.2, 0) is 6.18 Å². The van der Waals surface area contributed by atoms with Crippen molar-refractivity contribution in [2.45, 2.75) is 54.6 Å². The first-order valence-corrected chi connectivity index (χ1v) is 23.3. The molecular formula is C63H48F3N3. The predicted octanol–water partition coefficient (Wildman–Crippen LogP) is 17.6. The maximum atomic E-state index is 14.6. The quantitative estimate of drug-likeness (QED) is 0.164. The molecule has 0 saturated heterocycles. The summed E-state index contributed by atoms with van der Waals surface area (Å²) in [6.45, 7) is 14.6. The molecule has 0 unspecified atom stereocenters. The molecule has 0 aliphatic carbocycles. The van der Waals surface area contributed by atoms with Crippen LogP contribution in [0.25, 0.3) is 99.5 Å². The Morgan fingerprint density at radius 1 is 0.406 bits per heavy atom. The van der Waals surface area contributed by atoms with Gasteiger partial charge in [-0.1, -0.05) is 96.1 Å². The van der Waals surface area contributed by atoms with Crippen molar-refractivity contribution in [3.63, 3.8) is 0 Å². The topological polar surface area (TPSA) is 33.6 Å². The highest BCUT2D eigenvalue weighted by Crippen LogP contribution is 2.45. The summed E-state index contributed by atoms with van der Waals surface area (Å²) < 4.78 is 48.4. The SMILES string of the molecule is Cc1cc(-c2ccc(-n3c4ccccc4c4cc(-c5c(C)cc(C)cc5C)ccc43)cc2-c2cc(C#N)ccc2-n2c3ccccc3c3cc(-c4c(C)cc(C)cc4C)ccc32)cc(C(F)(F)F)c1. The van der Waals surface area contributed by atoms with Gasteiger partial charge in [0.15, 0.2) is 0 Å². The molecule has 9 aromatic carbocycles. The zero-order valence-electron chi connectivity index (χ0n) is 39.6. The van der Waals surface area contributed by atoms with Gasteiger partial charge in [0.05, 0.1) is 45.0 Å². The number of hydrogen-bond donors (Lipinski definition) is 0. The largest absolute Gasteiger partial charge is 0.416 e. The second-order valence-electron chi connectivity index (χ2n) is 18.9. The zero-order valence-corrected chi connectivity index (χ0v) is 39.6. The maximum Gasteiger partial charge on any atom is 0.416 e. The number of aromatic nitrogens is 2. The van der Waals surface area contributed by atoms with Crippen molar-refractivity contribution in [3.05, 3.63) is 214 Å². The molecule has 0 saturated carbocycles. The number of rotatable bonds is 6. The molecule has 11 rings (SSSR count). The monoisotopic (exact) mass is 903 g/mol. The van der Waals surface area contributed by atoms with E-state index in [0.29, 0.717) is 33.4 Å². The lowest BCUT2D eigenvalue weighted by atomic mass is 9.90. The molecule has 0 aliphatic rings. The second-order valence-corrected chi connectivity index (χ2v) is 18.9. The lowest BCUT2D eigenvalue weighted by Gasteiger charge is -2.20. The first kappa shape index (κ1) is 43.4. The van der Waals surface area contributed by atoms with Crippen molar-refractivity contribution < 1.29 is 13.2 Å². The van der Waals surface area contributed by atoms with E-state index in [2.05, 4.69) is 160 Å². The summed E-state index contributed by atoms with van der Waals surface area (Å²) in [5, 5.41) is 14.8. The number of hydrogen-bond acceptors (Lipinski definition) is 1. The molecular weight excluding hydrogens is 856 g/mol. The molecule has 0 fully saturated rings. The number of fused-ring (bicyclic) bond motifs is 6. The minimum Gasteiger partial charge on any atom is -0.309 e. The van der Waals surface area contributed by atoms with E-state index in [4.69, 9.17) is 0 Å². The lowest BCUT2D eigenvalue weighted by Crippen LogP contribution is -2.06. The van der Waals surface area contributed by atoms with Gasteiger partial charge in [-0.3, -0.25) is 0 Å². The van der Waals surface area contributed by atoms with Gasteiger partial charge >= 0.3 is 6.18 Å². The van der Waals surface area contributed by atoms with E-state index in [1.54, 1.807) is 6.92 Å². The minimum absolute atomic E-state index is 0.434. The van der Waals surface area contributed by atoms with Crippen molar-refractivity contribution >= 4 is 43.6 Å². The first-order valence-electron chi connectivity index (χ1n) is 23.3. The van der Waals surface area contributed by atoms with Gasteiger partial charge in [-0.05, 0) is 194 Å². The van der Waals surface area contributed by atoms with Gasteiger partial charge in [-0.2, -0.15) is 18.4 Å². The highest BCUT2D eigenvalue weighted by Gasteiger charge is 2.31. The molecule has 6 heteroatoms. The first-order chi connectivity index (χ1) is 33.2. The molecule has 0 radical (unpaired) electrons. The van der Waals surface area contributed by atoms with E-state index in [0.717, 1.165) is 66.1 Å². The van der Waals surface area contributed by atoms with Crippen LogP contribution in [-0.4, -0.2) is 9.13 Å². The van der Waals surface area contributed by atoms with E-state index in [1.165, 1.54) is 56.6 Å². The summed E-state index contributed by atoms with van der Waals surface area (Å²) >= 11 is 0. The van der Waals surface area contributed by atoms with Gasteiger partial charge < -0.3 is 9.13 Å². The fourth-order valence-electron chi connectivity index (χ4n) is 11.3. The Bertz CT molecular complexity index is 3940. The van der Waals surface area contributed by atoms with Crippen LogP contribution in [0.15, 0.2) is 164 Å². The molecule has 3 nitrogen and oxygen atoms in total. The fraction of sp³-hybridized carbons (Fsp3) is 0.127. The predicted molar refractivity (Wildman–Crippen MR) is 280 cm³/mol. The molecule has 2 aromatic heterocycles. The van der Waals surface area contributed by atoms with Crippen LogP contribution in [0.2, 0.25) is 0 Å². The van der Waals surface area contributed by atoms with Crippen LogP contribution < -0.4 is 0 Å². The lowest BCUT2D eigenvalue weighted by molar-refractivity contribution is -0.137. The molecule has 336 valence electrons. The van der Waals surface area contributed by atoms with Crippen molar-refractivity contribution in [2.24, 2.45) is 0 Å². The molecule has 0 amide bonds. The molecule has 0 spiro atoms. The Kier molecular flexibility index (Phi) is 10.2. The molecule has 0 bridgehead atoms. The summed E-state index contributed by atoms with van der Waals surface area (Å²) in [6.07, 6.45) is -4.55. The van der Waals surface area contributed by atoms with Crippen LogP contribution in [0.3, 0.4) is 0 Å². The van der Waals surface area contributed by atoms with Crippen molar-refractivity contribution in [2.75, 3.05) is 0 Å². The summed E-state index contributed by atoms with van der Waals surface area (Å²) in [6, 6.07) is 57.2. The van der Waals surface area contributed by atoms with Crippen LogP contribution in [0, 0.1) is 59.8 Å². The highest BCUT2D eigenvalue weighted by molar-refractivity contribution is 6.12. The normalized spacial score (nSPS) is 11.9. The third kappa shape index (κ3) is 7.28. The van der Waals surface area contributed by atoms with Gasteiger partial charge in [-0.25, -0.2) is 0 Å². The number of nitriles is 1. The molecule has 0 aliphatic heterocycles. The van der Waals surface area contributed by atoms with E-state index >= 15 is 0 Å². The Morgan fingerprint density at radius 3 is 1.46 bits per heavy atom. The standard InChI is InChI=1S/C63H48F3N3/c1-36-24-39(4)61(40(5)25-36)44-17-22-58-54(32-44)50-12-8-10-14-56(50)68(58)48-19-20-49(46-28-38(3)29-47(31-46)63(64,65)66)52(34-48)53-30-43(35-67)16-21-59(53)69-57-15-11-9-13-51(57)55-33-45(18-23-60(55)69)62-41(6)26-37(2)27-42(62)7/h8-34H,1-7H3. The smallest absolute Gasteiger partial charge is 0.309 e. The van der Waals surface area contributed by atoms with Crippen LogP contribution >= 0.6 is 0 Å². The van der Waals surface area contributed by atoms with Crippen molar-refractivity contribution in [1.29, 1.82) is 5.26 Å². The van der Waals surface area contributed by atoms with E-state index < -0.39 is 11.7 Å². The molecule has 2 heterocycles. The van der Waals surface area contributed by atoms with Crippen LogP contribution in [0.5, 0.6) is 0 Å².